The van der Waals surface area contributed by atoms with Gasteiger partial charge in [-0.05, 0) is 34.8 Å². The van der Waals surface area contributed by atoms with E-state index in [9.17, 15) is 0 Å². The van der Waals surface area contributed by atoms with Crippen LogP contribution in [-0.2, 0) is 5.41 Å². The lowest BCUT2D eigenvalue weighted by Gasteiger charge is -2.32. The zero-order valence-corrected chi connectivity index (χ0v) is 9.53. The summed E-state index contributed by atoms with van der Waals surface area (Å²) >= 11 is 1.96. The lowest BCUT2D eigenvalue weighted by molar-refractivity contribution is 0.494. The molecule has 1 heterocycles. The molecule has 1 aromatic rings. The van der Waals surface area contributed by atoms with Crippen molar-refractivity contribution in [3.05, 3.63) is 35.9 Å². The summed E-state index contributed by atoms with van der Waals surface area (Å²) in [7, 11) is 0. The lowest BCUT2D eigenvalue weighted by Crippen LogP contribution is -2.22. The van der Waals surface area contributed by atoms with Crippen molar-refractivity contribution in [1.29, 1.82) is 0 Å². The summed E-state index contributed by atoms with van der Waals surface area (Å²) in [6, 6.07) is 6.51. The van der Waals surface area contributed by atoms with Crippen LogP contribution in [0.2, 0.25) is 0 Å². The molecule has 14 heavy (non-hydrogen) atoms. The van der Waals surface area contributed by atoms with Gasteiger partial charge in [0.2, 0.25) is 0 Å². The SMILES string of the molecule is [CH]=Cc1ccc2c(c1)C(C)(C)CCS2. The normalized spacial score (nSPS) is 18.7. The van der Waals surface area contributed by atoms with Crippen molar-refractivity contribution in [2.45, 2.75) is 30.6 Å². The van der Waals surface area contributed by atoms with E-state index in [2.05, 4.69) is 32.0 Å². The highest BCUT2D eigenvalue weighted by molar-refractivity contribution is 7.99. The Morgan fingerprint density at radius 3 is 2.93 bits per heavy atom. The van der Waals surface area contributed by atoms with E-state index < -0.39 is 0 Å². The van der Waals surface area contributed by atoms with Gasteiger partial charge in [0.1, 0.15) is 0 Å². The third-order valence-electron chi connectivity index (χ3n) is 2.91. The van der Waals surface area contributed by atoms with Gasteiger partial charge in [0.25, 0.3) is 0 Å². The van der Waals surface area contributed by atoms with Gasteiger partial charge in [0.15, 0.2) is 0 Å². The Hall–Kier alpha value is -0.690. The van der Waals surface area contributed by atoms with Crippen molar-refractivity contribution in [3.63, 3.8) is 0 Å². The average molecular weight is 203 g/mol. The van der Waals surface area contributed by atoms with E-state index in [1.54, 1.807) is 6.08 Å². The summed E-state index contributed by atoms with van der Waals surface area (Å²) in [5.41, 5.74) is 2.88. The first-order valence-corrected chi connectivity index (χ1v) is 5.94. The molecule has 73 valence electrons. The van der Waals surface area contributed by atoms with Crippen LogP contribution in [0.25, 0.3) is 6.08 Å². The molecule has 0 nitrogen and oxygen atoms in total. The minimum atomic E-state index is 0.305. The van der Waals surface area contributed by atoms with Crippen LogP contribution in [0.3, 0.4) is 0 Å². The number of hydrogen-bond acceptors (Lipinski definition) is 1. The second-order valence-electron chi connectivity index (χ2n) is 4.40. The van der Waals surface area contributed by atoms with Crippen LogP contribution in [0, 0.1) is 6.58 Å². The molecule has 0 saturated carbocycles. The number of hydrogen-bond donors (Lipinski definition) is 0. The molecule has 0 spiro atoms. The van der Waals surface area contributed by atoms with Gasteiger partial charge < -0.3 is 0 Å². The second kappa shape index (κ2) is 3.47. The molecule has 0 amide bonds. The van der Waals surface area contributed by atoms with Gasteiger partial charge in [0.05, 0.1) is 0 Å². The number of rotatable bonds is 1. The number of thioether (sulfide) groups is 1. The minimum absolute atomic E-state index is 0.305. The molecule has 1 aromatic carbocycles. The van der Waals surface area contributed by atoms with Crippen molar-refractivity contribution in [1.82, 2.24) is 0 Å². The van der Waals surface area contributed by atoms with Crippen molar-refractivity contribution >= 4 is 17.8 Å². The molecular formula is C13H15S. The highest BCUT2D eigenvalue weighted by Crippen LogP contribution is 2.41. The van der Waals surface area contributed by atoms with E-state index in [0.29, 0.717) is 5.41 Å². The molecule has 0 aromatic heterocycles. The van der Waals surface area contributed by atoms with E-state index >= 15 is 0 Å². The Morgan fingerprint density at radius 1 is 1.43 bits per heavy atom. The molecule has 0 unspecified atom stereocenters. The minimum Gasteiger partial charge on any atom is -0.126 e. The van der Waals surface area contributed by atoms with Crippen LogP contribution < -0.4 is 0 Å². The summed E-state index contributed by atoms with van der Waals surface area (Å²) < 4.78 is 0. The molecule has 0 saturated heterocycles. The highest BCUT2D eigenvalue weighted by atomic mass is 32.2. The predicted octanol–water partition coefficient (Wildman–Crippen LogP) is 3.91. The molecule has 0 aliphatic carbocycles. The second-order valence-corrected chi connectivity index (χ2v) is 5.54. The van der Waals surface area contributed by atoms with Gasteiger partial charge in [-0.3, -0.25) is 0 Å². The van der Waals surface area contributed by atoms with Crippen molar-refractivity contribution < 1.29 is 0 Å². The number of fused-ring (bicyclic) bond motifs is 1. The highest BCUT2D eigenvalue weighted by Gasteiger charge is 2.27. The molecule has 2 rings (SSSR count). The van der Waals surface area contributed by atoms with Gasteiger partial charge >= 0.3 is 0 Å². The van der Waals surface area contributed by atoms with Gasteiger partial charge in [0, 0.05) is 4.90 Å². The fraction of sp³-hybridized carbons (Fsp3) is 0.385. The Morgan fingerprint density at radius 2 is 2.21 bits per heavy atom. The average Bonchev–Trinajstić information content (AvgIpc) is 2.17. The quantitative estimate of drug-likeness (QED) is 0.667. The van der Waals surface area contributed by atoms with Gasteiger partial charge in [-0.1, -0.05) is 38.6 Å². The molecule has 1 radical (unpaired) electrons. The first-order valence-electron chi connectivity index (χ1n) is 4.96. The molecule has 0 atom stereocenters. The molecule has 0 N–H and O–H groups in total. The largest absolute Gasteiger partial charge is 0.126 e. The van der Waals surface area contributed by atoms with E-state index in [1.165, 1.54) is 22.6 Å². The fourth-order valence-corrected chi connectivity index (χ4v) is 3.34. The molecule has 1 aliphatic heterocycles. The Bertz CT molecular complexity index is 363. The fourth-order valence-electron chi connectivity index (χ4n) is 1.86. The van der Waals surface area contributed by atoms with Crippen LogP contribution in [0.15, 0.2) is 23.1 Å². The topological polar surface area (TPSA) is 0 Å². The summed E-state index contributed by atoms with van der Waals surface area (Å²) in [6.45, 7) is 10.2. The smallest absolute Gasteiger partial charge is 0.0110 e. The van der Waals surface area contributed by atoms with Crippen molar-refractivity contribution in [2.24, 2.45) is 0 Å². The first kappa shape index (κ1) is 9.85. The summed E-state index contributed by atoms with van der Waals surface area (Å²) in [5.74, 6) is 1.23. The summed E-state index contributed by atoms with van der Waals surface area (Å²) in [4.78, 5) is 1.42. The van der Waals surface area contributed by atoms with Crippen molar-refractivity contribution in [3.8, 4) is 0 Å². The van der Waals surface area contributed by atoms with Crippen LogP contribution >= 0.6 is 11.8 Å². The maximum atomic E-state index is 5.54. The molecular weight excluding hydrogens is 188 g/mol. The number of benzene rings is 1. The Kier molecular flexibility index (Phi) is 2.44. The summed E-state index contributed by atoms with van der Waals surface area (Å²) in [6.07, 6.45) is 2.92. The molecule has 0 fully saturated rings. The van der Waals surface area contributed by atoms with Gasteiger partial charge in [-0.15, -0.1) is 11.8 Å². The van der Waals surface area contributed by atoms with Crippen LogP contribution in [0.1, 0.15) is 31.4 Å². The molecule has 1 aliphatic rings. The predicted molar refractivity (Wildman–Crippen MR) is 63.6 cm³/mol. The third kappa shape index (κ3) is 1.61. The Labute approximate surface area is 90.4 Å². The monoisotopic (exact) mass is 203 g/mol. The lowest BCUT2D eigenvalue weighted by atomic mass is 9.81. The zero-order chi connectivity index (χ0) is 10.2. The maximum absolute atomic E-state index is 5.54. The first-order chi connectivity index (χ1) is 6.63. The van der Waals surface area contributed by atoms with Crippen LogP contribution in [-0.4, -0.2) is 5.75 Å². The molecule has 1 heteroatoms. The molecule has 0 bridgehead atoms. The Balaban J connectivity index is 2.54. The van der Waals surface area contributed by atoms with E-state index in [4.69, 9.17) is 6.58 Å². The maximum Gasteiger partial charge on any atom is 0.0110 e. The standard InChI is InChI=1S/C13H15S/c1-4-10-5-6-12-11(9-10)13(2,3)7-8-14-12/h1,4-6,9H,7-8H2,2-3H3. The van der Waals surface area contributed by atoms with Crippen LogP contribution in [0.5, 0.6) is 0 Å². The van der Waals surface area contributed by atoms with Gasteiger partial charge in [-0.25, -0.2) is 0 Å². The van der Waals surface area contributed by atoms with Crippen molar-refractivity contribution in [2.75, 3.05) is 5.75 Å². The zero-order valence-electron chi connectivity index (χ0n) is 8.71. The van der Waals surface area contributed by atoms with E-state index in [1.807, 2.05) is 11.8 Å². The third-order valence-corrected chi connectivity index (χ3v) is 3.99. The van der Waals surface area contributed by atoms with Gasteiger partial charge in [-0.2, -0.15) is 0 Å². The van der Waals surface area contributed by atoms with Crippen LogP contribution in [0.4, 0.5) is 0 Å². The summed E-state index contributed by atoms with van der Waals surface area (Å²) in [5, 5.41) is 0. The van der Waals surface area contributed by atoms with E-state index in [0.717, 1.165) is 5.56 Å². The van der Waals surface area contributed by atoms with E-state index in [-0.39, 0.29) is 0 Å².